The second-order valence-corrected chi connectivity index (χ2v) is 12.5. The molecule has 0 aromatic heterocycles. The van der Waals surface area contributed by atoms with Gasteiger partial charge in [-0.25, -0.2) is 0 Å². The number of carbonyl (C=O) groups is 1. The van der Waals surface area contributed by atoms with E-state index in [1.807, 2.05) is 27.7 Å². The third-order valence-corrected chi connectivity index (χ3v) is 8.43. The summed E-state index contributed by atoms with van der Waals surface area (Å²) in [6.07, 6.45) is 0.638. The number of hydrogen-bond acceptors (Lipinski definition) is 3. The van der Waals surface area contributed by atoms with Crippen molar-refractivity contribution in [2.24, 2.45) is 5.41 Å². The van der Waals surface area contributed by atoms with Crippen LogP contribution in [0.5, 0.6) is 0 Å². The van der Waals surface area contributed by atoms with Crippen LogP contribution in [-0.4, -0.2) is 27.0 Å². The van der Waals surface area contributed by atoms with Gasteiger partial charge in [0, 0.05) is 6.61 Å². The van der Waals surface area contributed by atoms with Crippen LogP contribution in [0.25, 0.3) is 0 Å². The molecule has 0 N–H and O–H groups in total. The Morgan fingerprint density at radius 1 is 1.11 bits per heavy atom. The number of hydrogen-bond donors (Lipinski definition) is 0. The Labute approximate surface area is 120 Å². The summed E-state index contributed by atoms with van der Waals surface area (Å²) in [5.41, 5.74) is -0.480. The van der Waals surface area contributed by atoms with E-state index < -0.39 is 13.7 Å². The molecule has 4 heteroatoms. The molecule has 0 saturated carbocycles. The average molecular weight is 289 g/mol. The fraction of sp³-hybridized carbons (Fsp3) is 0.933. The van der Waals surface area contributed by atoms with Gasteiger partial charge in [0.1, 0.15) is 0 Å². The zero-order valence-corrected chi connectivity index (χ0v) is 15.2. The Morgan fingerprint density at radius 3 is 1.95 bits per heavy atom. The summed E-state index contributed by atoms with van der Waals surface area (Å²) in [4.78, 5) is 12.0. The van der Waals surface area contributed by atoms with Crippen LogP contribution in [0.4, 0.5) is 0 Å². The van der Waals surface area contributed by atoms with Gasteiger partial charge in [-0.1, -0.05) is 20.8 Å². The van der Waals surface area contributed by atoms with E-state index in [0.29, 0.717) is 13.0 Å². The fourth-order valence-corrected chi connectivity index (χ4v) is 2.30. The summed E-state index contributed by atoms with van der Waals surface area (Å²) in [5, 5.41) is 0.204. The van der Waals surface area contributed by atoms with E-state index in [9.17, 15) is 4.79 Å². The summed E-state index contributed by atoms with van der Waals surface area (Å²) in [5.74, 6) is -0.138. The molecule has 0 fully saturated rings. The first-order valence-electron chi connectivity index (χ1n) is 7.15. The summed E-state index contributed by atoms with van der Waals surface area (Å²) in [6.45, 7) is 19.3. The summed E-state index contributed by atoms with van der Waals surface area (Å²) < 4.78 is 11.4. The standard InChI is InChI=1S/C15H32O3Si/c1-12(2)18-13(16)15(6,7)10-11-17-19(8,9)14(3,4)5/h12H,10-11H2,1-9H3. The van der Waals surface area contributed by atoms with Crippen LogP contribution in [0.15, 0.2) is 0 Å². The lowest BCUT2D eigenvalue weighted by Gasteiger charge is -2.37. The van der Waals surface area contributed by atoms with Crippen molar-refractivity contribution in [3.05, 3.63) is 0 Å². The molecule has 0 unspecified atom stereocenters. The molecule has 0 aromatic carbocycles. The van der Waals surface area contributed by atoms with Crippen molar-refractivity contribution in [1.29, 1.82) is 0 Å². The van der Waals surface area contributed by atoms with Crippen molar-refractivity contribution in [3.63, 3.8) is 0 Å². The molecule has 0 amide bonds. The maximum Gasteiger partial charge on any atom is 0.311 e. The Hall–Kier alpha value is -0.353. The van der Waals surface area contributed by atoms with Crippen LogP contribution in [0, 0.1) is 5.41 Å². The molecule has 19 heavy (non-hydrogen) atoms. The number of esters is 1. The minimum Gasteiger partial charge on any atom is -0.463 e. The van der Waals surface area contributed by atoms with Gasteiger partial charge in [-0.05, 0) is 52.2 Å². The molecule has 0 aliphatic heterocycles. The maximum absolute atomic E-state index is 12.0. The minimum atomic E-state index is -1.72. The van der Waals surface area contributed by atoms with E-state index in [1.165, 1.54) is 0 Å². The zero-order chi connectivity index (χ0) is 15.5. The molecular weight excluding hydrogens is 256 g/mol. The average Bonchev–Trinajstić information content (AvgIpc) is 2.13. The lowest BCUT2D eigenvalue weighted by Crippen LogP contribution is -2.42. The van der Waals surface area contributed by atoms with Gasteiger partial charge in [-0.3, -0.25) is 4.79 Å². The zero-order valence-electron chi connectivity index (χ0n) is 14.2. The summed E-state index contributed by atoms with van der Waals surface area (Å²) in [6, 6.07) is 0. The second kappa shape index (κ2) is 6.40. The molecule has 0 atom stereocenters. The van der Waals surface area contributed by atoms with E-state index in [4.69, 9.17) is 9.16 Å². The molecule has 0 radical (unpaired) electrons. The topological polar surface area (TPSA) is 35.5 Å². The molecule has 0 rings (SSSR count). The van der Waals surface area contributed by atoms with E-state index in [1.54, 1.807) is 0 Å². The maximum atomic E-state index is 12.0. The predicted octanol–water partition coefficient (Wildman–Crippen LogP) is 4.38. The first-order chi connectivity index (χ1) is 8.29. The van der Waals surface area contributed by atoms with Crippen LogP contribution in [0.3, 0.4) is 0 Å². The van der Waals surface area contributed by atoms with E-state index in [-0.39, 0.29) is 17.1 Å². The van der Waals surface area contributed by atoms with E-state index in [0.717, 1.165) is 0 Å². The van der Waals surface area contributed by atoms with Crippen molar-refractivity contribution in [1.82, 2.24) is 0 Å². The first kappa shape index (κ1) is 18.6. The lowest BCUT2D eigenvalue weighted by atomic mass is 9.90. The van der Waals surface area contributed by atoms with Crippen molar-refractivity contribution in [2.45, 2.75) is 79.1 Å². The van der Waals surface area contributed by atoms with Gasteiger partial charge in [-0.2, -0.15) is 0 Å². The van der Waals surface area contributed by atoms with Gasteiger partial charge in [0.05, 0.1) is 11.5 Å². The van der Waals surface area contributed by atoms with Crippen LogP contribution in [0.1, 0.15) is 54.9 Å². The number of carbonyl (C=O) groups excluding carboxylic acids is 1. The van der Waals surface area contributed by atoms with Gasteiger partial charge in [0.15, 0.2) is 8.32 Å². The first-order valence-corrected chi connectivity index (χ1v) is 10.1. The highest BCUT2D eigenvalue weighted by atomic mass is 28.4. The highest BCUT2D eigenvalue weighted by Crippen LogP contribution is 2.37. The monoisotopic (exact) mass is 288 g/mol. The third kappa shape index (κ3) is 6.08. The Balaban J connectivity index is 4.37. The van der Waals surface area contributed by atoms with Crippen LogP contribution in [-0.2, 0) is 14.0 Å². The van der Waals surface area contributed by atoms with Crippen molar-refractivity contribution in [3.8, 4) is 0 Å². The minimum absolute atomic E-state index is 0.0620. The molecule has 0 bridgehead atoms. The van der Waals surface area contributed by atoms with Crippen LogP contribution >= 0.6 is 0 Å². The number of rotatable bonds is 6. The highest BCUT2D eigenvalue weighted by molar-refractivity contribution is 6.74. The fourth-order valence-electron chi connectivity index (χ4n) is 1.25. The molecule has 0 aliphatic rings. The van der Waals surface area contributed by atoms with Gasteiger partial charge in [0.25, 0.3) is 0 Å². The van der Waals surface area contributed by atoms with E-state index >= 15 is 0 Å². The van der Waals surface area contributed by atoms with Gasteiger partial charge < -0.3 is 9.16 Å². The Bertz CT molecular complexity index is 301. The molecule has 0 aromatic rings. The van der Waals surface area contributed by atoms with Gasteiger partial charge in [-0.15, -0.1) is 0 Å². The predicted molar refractivity (Wildman–Crippen MR) is 82.8 cm³/mol. The highest BCUT2D eigenvalue weighted by Gasteiger charge is 2.38. The van der Waals surface area contributed by atoms with Crippen molar-refractivity contribution >= 4 is 14.3 Å². The normalized spacial score (nSPS) is 13.8. The van der Waals surface area contributed by atoms with Crippen LogP contribution in [0.2, 0.25) is 18.1 Å². The molecule has 0 aliphatic carbocycles. The quantitative estimate of drug-likeness (QED) is 0.537. The Morgan fingerprint density at radius 2 is 1.58 bits per heavy atom. The third-order valence-electron chi connectivity index (χ3n) is 3.89. The van der Waals surface area contributed by atoms with Crippen molar-refractivity contribution < 1.29 is 14.0 Å². The smallest absolute Gasteiger partial charge is 0.311 e. The molecule has 114 valence electrons. The SMILES string of the molecule is CC(C)OC(=O)C(C)(C)CCO[Si](C)(C)C(C)(C)C. The van der Waals surface area contributed by atoms with Crippen molar-refractivity contribution in [2.75, 3.05) is 6.61 Å². The molecule has 0 heterocycles. The van der Waals surface area contributed by atoms with Gasteiger partial charge in [0.2, 0.25) is 0 Å². The molecular formula is C15H32O3Si. The lowest BCUT2D eigenvalue weighted by molar-refractivity contribution is -0.158. The number of ether oxygens (including phenoxy) is 1. The largest absolute Gasteiger partial charge is 0.463 e. The van der Waals surface area contributed by atoms with Gasteiger partial charge >= 0.3 is 5.97 Å². The molecule has 0 saturated heterocycles. The van der Waals surface area contributed by atoms with Crippen LogP contribution < -0.4 is 0 Å². The summed E-state index contributed by atoms with van der Waals surface area (Å²) >= 11 is 0. The Kier molecular flexibility index (Phi) is 6.28. The summed E-state index contributed by atoms with van der Waals surface area (Å²) in [7, 11) is -1.72. The molecule has 0 spiro atoms. The van der Waals surface area contributed by atoms with E-state index in [2.05, 4.69) is 33.9 Å². The second-order valence-electron chi connectivity index (χ2n) is 7.70. The molecule has 3 nitrogen and oxygen atoms in total.